The SMILES string of the molecule is CCCCCCN(C(=O)[C@@H](NC(=O)[C@H]1CCCCN1C)[C@@H](C)CC)[C@H](C[C@@H](OC(C)=O)c1nc(C(O)N[C@@H](Cc2ccc(N)cc2)CC(C)(C)C(=O)NCC(O)O)cs1)C(C)C. The van der Waals surface area contributed by atoms with Crippen LogP contribution < -0.4 is 21.7 Å². The standard InChI is InChI=1S/C46H77N7O8S/c1-10-12-13-15-23-53(44(59)40(30(5)11-2)51-42(58)36-17-14-16-22-52(36)9)37(29(3)4)25-38(61-31(6)54)43-50-35(28-62-43)41(57)49-34(24-32-18-20-33(47)21-19-32)26-46(7,8)45(60)48-27-39(55)56/h18-21,28-30,34,36-41,49,55-57H,10-17,22-27,47H2,1-9H3,(H,48,60)(H,51,58)/t30-,34-,36+,37+,38+,40-,41?/m0/s1. The lowest BCUT2D eigenvalue weighted by atomic mass is 9.82. The van der Waals surface area contributed by atoms with Gasteiger partial charge in [0.25, 0.3) is 0 Å². The van der Waals surface area contributed by atoms with E-state index in [1.165, 1.54) is 18.3 Å². The van der Waals surface area contributed by atoms with Gasteiger partial charge in [0.2, 0.25) is 17.7 Å². The monoisotopic (exact) mass is 888 g/mol. The summed E-state index contributed by atoms with van der Waals surface area (Å²) in [5.74, 6) is -1.32. The van der Waals surface area contributed by atoms with Crippen molar-refractivity contribution < 1.29 is 39.2 Å². The maximum atomic E-state index is 14.9. The van der Waals surface area contributed by atoms with Crippen molar-refractivity contribution in [2.45, 2.75) is 169 Å². The molecule has 0 spiro atoms. The Morgan fingerprint density at radius 2 is 1.74 bits per heavy atom. The average molecular weight is 888 g/mol. The molecule has 1 aliphatic heterocycles. The molecule has 2 aromatic rings. The number of nitrogens with one attached hydrogen (secondary N) is 3. The van der Waals surface area contributed by atoms with Crippen molar-refractivity contribution in [1.29, 1.82) is 0 Å². The predicted molar refractivity (Wildman–Crippen MR) is 243 cm³/mol. The molecule has 1 saturated heterocycles. The van der Waals surface area contributed by atoms with Crippen LogP contribution in [-0.2, 0) is 30.3 Å². The van der Waals surface area contributed by atoms with Crippen LogP contribution in [0.2, 0.25) is 0 Å². The lowest BCUT2D eigenvalue weighted by Crippen LogP contribution is -2.59. The topological polar surface area (TPSA) is 220 Å². The molecule has 1 unspecified atom stereocenters. The highest BCUT2D eigenvalue weighted by Crippen LogP contribution is 2.33. The minimum absolute atomic E-state index is 0.0528. The van der Waals surface area contributed by atoms with Gasteiger partial charge in [-0.3, -0.25) is 29.4 Å². The Hall–Kier alpha value is -3.67. The molecular formula is C46H77N7O8S. The number of rotatable bonds is 26. The van der Waals surface area contributed by atoms with Gasteiger partial charge in [-0.25, -0.2) is 4.98 Å². The summed E-state index contributed by atoms with van der Waals surface area (Å²) in [4.78, 5) is 63.3. The summed E-state index contributed by atoms with van der Waals surface area (Å²) in [6.45, 7) is 16.1. The van der Waals surface area contributed by atoms with Gasteiger partial charge in [0.05, 0.1) is 18.3 Å². The van der Waals surface area contributed by atoms with Crippen LogP contribution in [-0.4, -0.2) is 111 Å². The Morgan fingerprint density at radius 1 is 1.05 bits per heavy atom. The van der Waals surface area contributed by atoms with Crippen molar-refractivity contribution in [1.82, 2.24) is 30.7 Å². The molecule has 16 heteroatoms. The molecule has 62 heavy (non-hydrogen) atoms. The maximum absolute atomic E-state index is 14.9. The highest BCUT2D eigenvalue weighted by Gasteiger charge is 2.39. The number of nitrogens with two attached hydrogens (primary N) is 1. The summed E-state index contributed by atoms with van der Waals surface area (Å²) in [6, 6.07) is 5.49. The van der Waals surface area contributed by atoms with E-state index in [2.05, 4.69) is 27.8 Å². The summed E-state index contributed by atoms with van der Waals surface area (Å²) in [5, 5.41) is 41.5. The number of aromatic nitrogens is 1. The number of unbranched alkanes of at least 4 members (excludes halogenated alkanes) is 3. The highest BCUT2D eigenvalue weighted by atomic mass is 32.1. The van der Waals surface area contributed by atoms with Gasteiger partial charge >= 0.3 is 5.97 Å². The smallest absolute Gasteiger partial charge is 0.303 e. The number of hydrogen-bond acceptors (Lipinski definition) is 13. The van der Waals surface area contributed by atoms with E-state index < -0.39 is 42.1 Å². The second-order valence-electron chi connectivity index (χ2n) is 18.2. The fourth-order valence-corrected chi connectivity index (χ4v) is 9.06. The van der Waals surface area contributed by atoms with Crippen molar-refractivity contribution in [2.75, 3.05) is 32.4 Å². The van der Waals surface area contributed by atoms with Gasteiger partial charge in [-0.2, -0.15) is 0 Å². The molecule has 350 valence electrons. The first-order valence-corrected chi connectivity index (χ1v) is 23.5. The van der Waals surface area contributed by atoms with Crippen LogP contribution in [0.5, 0.6) is 0 Å². The number of anilines is 1. The van der Waals surface area contributed by atoms with Crippen molar-refractivity contribution >= 4 is 40.7 Å². The van der Waals surface area contributed by atoms with E-state index in [4.69, 9.17) is 15.5 Å². The number of nitrogens with zero attached hydrogens (tertiary/aromatic N) is 3. The van der Waals surface area contributed by atoms with Gasteiger partial charge in [-0.1, -0.05) is 92.7 Å². The normalized spacial score (nSPS) is 17.8. The third-order valence-electron chi connectivity index (χ3n) is 12.1. The number of benzene rings is 1. The van der Waals surface area contributed by atoms with Crippen LogP contribution in [0, 0.1) is 17.3 Å². The number of ether oxygens (including phenoxy) is 1. The second kappa shape index (κ2) is 25.6. The van der Waals surface area contributed by atoms with Crippen molar-refractivity contribution in [3.05, 3.63) is 45.9 Å². The highest BCUT2D eigenvalue weighted by molar-refractivity contribution is 7.09. The van der Waals surface area contributed by atoms with Gasteiger partial charge in [-0.15, -0.1) is 11.3 Å². The molecule has 3 rings (SSSR count). The van der Waals surface area contributed by atoms with Gasteiger partial charge < -0.3 is 41.3 Å². The van der Waals surface area contributed by atoms with Crippen LogP contribution in [0.3, 0.4) is 0 Å². The molecule has 15 nitrogen and oxygen atoms in total. The van der Waals surface area contributed by atoms with Crippen LogP contribution in [0.15, 0.2) is 29.6 Å². The summed E-state index contributed by atoms with van der Waals surface area (Å²) < 4.78 is 5.97. The first-order chi connectivity index (χ1) is 29.3. The van der Waals surface area contributed by atoms with E-state index in [1.807, 2.05) is 51.8 Å². The van der Waals surface area contributed by atoms with Crippen molar-refractivity contribution in [2.24, 2.45) is 17.3 Å². The lowest BCUT2D eigenvalue weighted by Gasteiger charge is -2.40. The van der Waals surface area contributed by atoms with Gasteiger partial charge in [0.1, 0.15) is 17.3 Å². The first kappa shape index (κ1) is 52.7. The average Bonchev–Trinajstić information content (AvgIpc) is 3.72. The Kier molecular flexibility index (Phi) is 21.7. The minimum atomic E-state index is -1.69. The van der Waals surface area contributed by atoms with E-state index in [0.717, 1.165) is 57.1 Å². The van der Waals surface area contributed by atoms with Crippen LogP contribution in [0.1, 0.15) is 148 Å². The minimum Gasteiger partial charge on any atom is -0.455 e. The molecular weight excluding hydrogens is 811 g/mol. The molecule has 0 aliphatic carbocycles. The maximum Gasteiger partial charge on any atom is 0.303 e. The fourth-order valence-electron chi connectivity index (χ4n) is 8.19. The number of thiazole rings is 1. The molecule has 3 amide bonds. The Balaban J connectivity index is 1.94. The van der Waals surface area contributed by atoms with Crippen LogP contribution in [0.25, 0.3) is 0 Å². The number of amides is 3. The Morgan fingerprint density at radius 3 is 2.34 bits per heavy atom. The van der Waals surface area contributed by atoms with Crippen LogP contribution in [0.4, 0.5) is 5.69 Å². The van der Waals surface area contributed by atoms with E-state index in [0.29, 0.717) is 35.8 Å². The lowest BCUT2D eigenvalue weighted by molar-refractivity contribution is -0.149. The zero-order valence-corrected chi connectivity index (χ0v) is 39.5. The Bertz CT molecular complexity index is 1690. The number of likely N-dealkylation sites (tertiary alicyclic amines) is 1. The largest absolute Gasteiger partial charge is 0.455 e. The number of carbonyl (C=O) groups excluding carboxylic acids is 4. The van der Waals surface area contributed by atoms with E-state index >= 15 is 0 Å². The summed E-state index contributed by atoms with van der Waals surface area (Å²) in [5.41, 5.74) is 6.79. The fraction of sp³-hybridized carbons (Fsp3) is 0.717. The molecule has 1 fully saturated rings. The van der Waals surface area contributed by atoms with Gasteiger partial charge in [0, 0.05) is 48.5 Å². The number of aliphatic hydroxyl groups is 3. The molecule has 8 N–H and O–H groups in total. The van der Waals surface area contributed by atoms with Crippen molar-refractivity contribution in [3.8, 4) is 0 Å². The van der Waals surface area contributed by atoms with Gasteiger partial charge in [-0.05, 0) is 75.2 Å². The zero-order valence-electron chi connectivity index (χ0n) is 38.7. The number of aliphatic hydroxyl groups excluding tert-OH is 2. The summed E-state index contributed by atoms with van der Waals surface area (Å²) in [7, 11) is 1.96. The number of carbonyl (C=O) groups is 4. The second-order valence-corrected chi connectivity index (χ2v) is 19.1. The molecule has 1 aromatic carbocycles. The molecule has 0 radical (unpaired) electrons. The molecule has 7 atom stereocenters. The third kappa shape index (κ3) is 16.5. The molecule has 0 saturated carbocycles. The molecule has 0 bridgehead atoms. The number of nitrogen functional groups attached to an aromatic ring is 1. The van der Waals surface area contributed by atoms with Crippen molar-refractivity contribution in [3.63, 3.8) is 0 Å². The third-order valence-corrected chi connectivity index (χ3v) is 13.0. The number of esters is 1. The van der Waals surface area contributed by atoms with E-state index in [9.17, 15) is 34.5 Å². The predicted octanol–water partition coefficient (Wildman–Crippen LogP) is 5.20. The zero-order chi connectivity index (χ0) is 46.1. The van der Waals surface area contributed by atoms with E-state index in [1.54, 1.807) is 31.4 Å². The quantitative estimate of drug-likeness (QED) is 0.0281. The summed E-state index contributed by atoms with van der Waals surface area (Å²) in [6.07, 6.45) is 4.40. The number of likely N-dealkylation sites (N-methyl/N-ethyl adjacent to an activating group) is 1. The first-order valence-electron chi connectivity index (χ1n) is 22.6. The Labute approximate surface area is 373 Å². The molecule has 2 heterocycles. The number of hydrogen-bond donors (Lipinski definition) is 7. The number of piperidine rings is 1. The van der Waals surface area contributed by atoms with Crippen LogP contribution >= 0.6 is 11.3 Å². The van der Waals surface area contributed by atoms with E-state index in [-0.39, 0.29) is 61.0 Å². The molecule has 1 aromatic heterocycles. The van der Waals surface area contributed by atoms with Gasteiger partial charge in [0.15, 0.2) is 12.4 Å². The summed E-state index contributed by atoms with van der Waals surface area (Å²) >= 11 is 1.25. The molecule has 1 aliphatic rings.